The minimum Gasteiger partial charge on any atom is -0.492 e. The van der Waals surface area contributed by atoms with E-state index in [-0.39, 0.29) is 23.2 Å². The van der Waals surface area contributed by atoms with Gasteiger partial charge < -0.3 is 34.6 Å². The van der Waals surface area contributed by atoms with Gasteiger partial charge in [0.2, 0.25) is 0 Å². The van der Waals surface area contributed by atoms with Crippen LogP contribution in [-0.2, 0) is 14.9 Å². The molecule has 194 valence electrons. The number of ether oxygens (including phenoxy) is 4. The molecule has 1 unspecified atom stereocenters. The van der Waals surface area contributed by atoms with Crippen LogP contribution in [0.25, 0.3) is 11.3 Å². The number of para-hydroxylation sites is 1. The quantitative estimate of drug-likeness (QED) is 0.444. The summed E-state index contributed by atoms with van der Waals surface area (Å²) in [5, 5.41) is 6.38. The number of anilines is 2. The van der Waals surface area contributed by atoms with E-state index >= 15 is 0 Å². The second-order valence-electron chi connectivity index (χ2n) is 9.64. The van der Waals surface area contributed by atoms with Crippen molar-refractivity contribution in [2.75, 3.05) is 45.4 Å². The van der Waals surface area contributed by atoms with E-state index in [0.717, 1.165) is 30.5 Å². The first-order valence-corrected chi connectivity index (χ1v) is 12.5. The summed E-state index contributed by atoms with van der Waals surface area (Å²) in [5.74, 6) is -0.0793. The minimum absolute atomic E-state index is 0.0682. The fraction of sp³-hybridized carbons (Fsp3) is 0.407. The fourth-order valence-electron chi connectivity index (χ4n) is 5.37. The lowest BCUT2D eigenvalue weighted by molar-refractivity contribution is -0.101. The number of hydrogen-bond donors (Lipinski definition) is 3. The summed E-state index contributed by atoms with van der Waals surface area (Å²) in [4.78, 5) is 21.1. The van der Waals surface area contributed by atoms with E-state index in [1.165, 1.54) is 13.2 Å². The summed E-state index contributed by atoms with van der Waals surface area (Å²) in [6, 6.07) is 6.48. The number of carbonyl (C=O) groups is 1. The van der Waals surface area contributed by atoms with Crippen molar-refractivity contribution in [2.24, 2.45) is 0 Å². The first-order chi connectivity index (χ1) is 18.1. The monoisotopic (exact) mass is 508 g/mol. The van der Waals surface area contributed by atoms with Gasteiger partial charge in [-0.2, -0.15) is 0 Å². The van der Waals surface area contributed by atoms with Crippen LogP contribution >= 0.6 is 0 Å². The molecule has 1 saturated heterocycles. The average Bonchev–Trinajstić information content (AvgIpc) is 3.28. The van der Waals surface area contributed by atoms with Crippen LogP contribution in [0.2, 0.25) is 0 Å². The predicted molar refractivity (Wildman–Crippen MR) is 134 cm³/mol. The largest absolute Gasteiger partial charge is 0.492 e. The molecule has 3 aromatic rings. The van der Waals surface area contributed by atoms with Crippen LogP contribution in [-0.4, -0.2) is 62.1 Å². The maximum Gasteiger partial charge on any atom is 0.255 e. The van der Waals surface area contributed by atoms with Gasteiger partial charge in [-0.1, -0.05) is 12.5 Å². The number of aromatic nitrogens is 2. The summed E-state index contributed by atoms with van der Waals surface area (Å²) in [6.45, 7) is 2.44. The molecule has 4 heterocycles. The van der Waals surface area contributed by atoms with Gasteiger partial charge in [-0.15, -0.1) is 0 Å². The molecule has 3 N–H and O–H groups in total. The SMILES string of the molecule is COc1c(F)cccc1Nc1c(-c2ccncc2OCC2COCCO2)[nH]c2c1C(=O)NCC21CCC1. The molecule has 1 amide bonds. The van der Waals surface area contributed by atoms with Crippen molar-refractivity contribution in [3.63, 3.8) is 0 Å². The second kappa shape index (κ2) is 9.68. The molecule has 0 radical (unpaired) electrons. The van der Waals surface area contributed by atoms with E-state index in [9.17, 15) is 9.18 Å². The molecule has 1 aliphatic carbocycles. The summed E-state index contributed by atoms with van der Waals surface area (Å²) < 4.78 is 37.2. The van der Waals surface area contributed by atoms with Crippen LogP contribution in [0.15, 0.2) is 36.7 Å². The Bertz CT molecular complexity index is 1320. The standard InChI is InChI=1S/C27H29FN4O5/c1-34-24-18(28)4-2-5-19(24)31-23-21-25(27(7-3-8-27)15-30-26(21)33)32-22(23)17-6-9-29-12-20(17)37-14-16-13-35-10-11-36-16/h2,4-6,9,12,16,31-32H,3,7-8,10-11,13-15H2,1H3,(H,30,33). The lowest BCUT2D eigenvalue weighted by atomic mass is 9.64. The molecule has 1 saturated carbocycles. The Hall–Kier alpha value is -3.63. The van der Waals surface area contributed by atoms with Gasteiger partial charge in [0.05, 0.1) is 55.8 Å². The fourth-order valence-corrected chi connectivity index (χ4v) is 5.37. The van der Waals surface area contributed by atoms with E-state index in [4.69, 9.17) is 18.9 Å². The molecule has 2 aromatic heterocycles. The Morgan fingerprint density at radius 3 is 2.92 bits per heavy atom. The molecule has 0 bridgehead atoms. The van der Waals surface area contributed by atoms with Crippen molar-refractivity contribution >= 4 is 17.3 Å². The topological polar surface area (TPSA) is 107 Å². The molecule has 9 nitrogen and oxygen atoms in total. The molecule has 2 fully saturated rings. The molecule has 1 aromatic carbocycles. The smallest absolute Gasteiger partial charge is 0.255 e. The van der Waals surface area contributed by atoms with Gasteiger partial charge in [0.1, 0.15) is 18.5 Å². The number of hydrogen-bond acceptors (Lipinski definition) is 7. The molecule has 3 aliphatic rings. The number of methoxy groups -OCH3 is 1. The Labute approximate surface area is 213 Å². The minimum atomic E-state index is -0.499. The number of fused-ring (bicyclic) bond motifs is 2. The number of aromatic amines is 1. The van der Waals surface area contributed by atoms with Gasteiger partial charge in [-0.05, 0) is 31.0 Å². The zero-order valence-corrected chi connectivity index (χ0v) is 20.6. The number of benzene rings is 1. The van der Waals surface area contributed by atoms with Crippen molar-refractivity contribution in [1.82, 2.24) is 15.3 Å². The number of H-pyrrole nitrogens is 1. The number of carbonyl (C=O) groups excluding carboxylic acids is 1. The third kappa shape index (κ3) is 4.19. The van der Waals surface area contributed by atoms with Crippen molar-refractivity contribution < 1.29 is 28.1 Å². The number of halogens is 1. The van der Waals surface area contributed by atoms with Gasteiger partial charge in [-0.25, -0.2) is 4.39 Å². The molecule has 37 heavy (non-hydrogen) atoms. The summed E-state index contributed by atoms with van der Waals surface area (Å²) in [5.41, 5.74) is 3.61. The van der Waals surface area contributed by atoms with Crippen LogP contribution in [0, 0.1) is 5.82 Å². The Kier molecular flexibility index (Phi) is 6.21. The molecule has 6 rings (SSSR count). The van der Waals surface area contributed by atoms with Crippen molar-refractivity contribution in [1.29, 1.82) is 0 Å². The first kappa shape index (κ1) is 23.7. The van der Waals surface area contributed by atoms with E-state index in [1.54, 1.807) is 24.5 Å². The Morgan fingerprint density at radius 1 is 1.27 bits per heavy atom. The lowest BCUT2D eigenvalue weighted by Gasteiger charge is -2.44. The van der Waals surface area contributed by atoms with Crippen LogP contribution in [0.1, 0.15) is 35.3 Å². The molecule has 1 atom stereocenters. The van der Waals surface area contributed by atoms with Crippen LogP contribution in [0.4, 0.5) is 15.8 Å². The highest BCUT2D eigenvalue weighted by Gasteiger charge is 2.47. The summed E-state index contributed by atoms with van der Waals surface area (Å²) in [6.07, 6.45) is 6.18. The Morgan fingerprint density at radius 2 is 2.16 bits per heavy atom. The van der Waals surface area contributed by atoms with Gasteiger partial charge in [0.15, 0.2) is 11.6 Å². The van der Waals surface area contributed by atoms with Gasteiger partial charge in [0.25, 0.3) is 5.91 Å². The number of rotatable bonds is 7. The van der Waals surface area contributed by atoms with E-state index in [1.807, 2.05) is 6.07 Å². The highest BCUT2D eigenvalue weighted by molar-refractivity contribution is 6.07. The van der Waals surface area contributed by atoms with E-state index in [2.05, 4.69) is 20.6 Å². The van der Waals surface area contributed by atoms with Crippen molar-refractivity contribution in [3.05, 3.63) is 53.7 Å². The maximum absolute atomic E-state index is 14.5. The van der Waals surface area contributed by atoms with Crippen LogP contribution in [0.3, 0.4) is 0 Å². The third-order valence-corrected chi connectivity index (χ3v) is 7.45. The number of nitrogens with zero attached hydrogens (tertiary/aromatic N) is 1. The molecule has 1 spiro atoms. The zero-order chi connectivity index (χ0) is 25.4. The van der Waals surface area contributed by atoms with Crippen molar-refractivity contribution in [2.45, 2.75) is 30.8 Å². The molecule has 2 aliphatic heterocycles. The molecular weight excluding hydrogens is 479 g/mol. The van der Waals surface area contributed by atoms with Crippen LogP contribution < -0.4 is 20.1 Å². The van der Waals surface area contributed by atoms with E-state index < -0.39 is 5.82 Å². The number of amides is 1. The lowest BCUT2D eigenvalue weighted by Crippen LogP contribution is -2.50. The maximum atomic E-state index is 14.5. The molecule has 10 heteroatoms. The second-order valence-corrected chi connectivity index (χ2v) is 9.64. The number of nitrogens with one attached hydrogen (secondary N) is 3. The summed E-state index contributed by atoms with van der Waals surface area (Å²) in [7, 11) is 1.42. The summed E-state index contributed by atoms with van der Waals surface area (Å²) >= 11 is 0. The van der Waals surface area contributed by atoms with Crippen molar-refractivity contribution in [3.8, 4) is 22.8 Å². The highest BCUT2D eigenvalue weighted by atomic mass is 19.1. The Balaban J connectivity index is 1.45. The third-order valence-electron chi connectivity index (χ3n) is 7.45. The average molecular weight is 509 g/mol. The normalized spacial score (nSPS) is 20.1. The van der Waals surface area contributed by atoms with Gasteiger partial charge >= 0.3 is 0 Å². The highest BCUT2D eigenvalue weighted by Crippen LogP contribution is 2.51. The zero-order valence-electron chi connectivity index (χ0n) is 20.6. The van der Waals surface area contributed by atoms with Gasteiger partial charge in [-0.3, -0.25) is 9.78 Å². The predicted octanol–water partition coefficient (Wildman–Crippen LogP) is 3.93. The van der Waals surface area contributed by atoms with E-state index in [0.29, 0.717) is 61.4 Å². The molecular formula is C27H29FN4O5. The van der Waals surface area contributed by atoms with Crippen LogP contribution in [0.5, 0.6) is 11.5 Å². The first-order valence-electron chi connectivity index (χ1n) is 12.5. The van der Waals surface area contributed by atoms with Gasteiger partial charge in [0, 0.05) is 29.4 Å². The number of pyridine rings is 1.